The number of carbonyl (C=O) groups excluding carboxylic acids is 1. The summed E-state index contributed by atoms with van der Waals surface area (Å²) < 4.78 is 6.02. The molecule has 32 heavy (non-hydrogen) atoms. The van der Waals surface area contributed by atoms with E-state index >= 15 is 0 Å². The summed E-state index contributed by atoms with van der Waals surface area (Å²) in [5, 5.41) is 6.89. The number of likely N-dealkylation sites (tertiary alicyclic amines) is 1. The Kier molecular flexibility index (Phi) is 9.87. The number of rotatable bonds is 6. The van der Waals surface area contributed by atoms with Gasteiger partial charge < -0.3 is 20.3 Å². The number of aromatic nitrogens is 1. The molecular weight excluding hydrogens is 517 g/mol. The van der Waals surface area contributed by atoms with Crippen molar-refractivity contribution in [3.63, 3.8) is 0 Å². The molecule has 1 aromatic rings. The Morgan fingerprint density at radius 2 is 1.91 bits per heavy atom. The second kappa shape index (κ2) is 12.6. The molecule has 1 amide bonds. The summed E-state index contributed by atoms with van der Waals surface area (Å²) in [6.07, 6.45) is 13.6. The highest BCUT2D eigenvalue weighted by Gasteiger charge is 2.31. The van der Waals surface area contributed by atoms with Crippen LogP contribution < -0.4 is 15.4 Å². The highest BCUT2D eigenvalue weighted by Crippen LogP contribution is 2.27. The van der Waals surface area contributed by atoms with Gasteiger partial charge in [-0.15, -0.1) is 24.0 Å². The molecule has 1 aliphatic heterocycles. The molecule has 2 heterocycles. The molecule has 2 saturated carbocycles. The van der Waals surface area contributed by atoms with E-state index in [0.717, 1.165) is 56.7 Å². The van der Waals surface area contributed by atoms with E-state index in [1.165, 1.54) is 32.1 Å². The van der Waals surface area contributed by atoms with Gasteiger partial charge in [-0.1, -0.05) is 19.3 Å². The predicted molar refractivity (Wildman–Crippen MR) is 137 cm³/mol. The summed E-state index contributed by atoms with van der Waals surface area (Å²) in [4.78, 5) is 23.6. The number of pyridine rings is 1. The quantitative estimate of drug-likeness (QED) is 0.317. The zero-order chi connectivity index (χ0) is 21.5. The molecular formula is C24H38IN5O2. The van der Waals surface area contributed by atoms with E-state index in [0.29, 0.717) is 24.4 Å². The van der Waals surface area contributed by atoms with Crippen molar-refractivity contribution in [1.29, 1.82) is 0 Å². The third-order valence-corrected chi connectivity index (χ3v) is 6.87. The lowest BCUT2D eigenvalue weighted by molar-refractivity contribution is -0.135. The van der Waals surface area contributed by atoms with Gasteiger partial charge in [-0.25, -0.2) is 4.98 Å². The molecule has 0 radical (unpaired) electrons. The van der Waals surface area contributed by atoms with Crippen LogP contribution in [0.4, 0.5) is 0 Å². The molecule has 4 rings (SSSR count). The number of nitrogens with one attached hydrogen (secondary N) is 2. The van der Waals surface area contributed by atoms with E-state index in [4.69, 9.17) is 4.74 Å². The van der Waals surface area contributed by atoms with Crippen molar-refractivity contribution in [3.05, 3.63) is 23.9 Å². The largest absolute Gasteiger partial charge is 0.474 e. The minimum absolute atomic E-state index is 0. The summed E-state index contributed by atoms with van der Waals surface area (Å²) in [6.45, 7) is 2.27. The molecule has 7 nitrogen and oxygen atoms in total. The Morgan fingerprint density at radius 3 is 2.66 bits per heavy atom. The average Bonchev–Trinajstić information content (AvgIpc) is 3.49. The van der Waals surface area contributed by atoms with Gasteiger partial charge in [0.05, 0.1) is 0 Å². The summed E-state index contributed by atoms with van der Waals surface area (Å²) >= 11 is 0. The molecule has 3 aliphatic rings. The van der Waals surface area contributed by atoms with Gasteiger partial charge in [-0.05, 0) is 56.6 Å². The number of guanidine groups is 1. The van der Waals surface area contributed by atoms with E-state index < -0.39 is 0 Å². The summed E-state index contributed by atoms with van der Waals surface area (Å²) in [5.74, 6) is 2.09. The van der Waals surface area contributed by atoms with E-state index in [1.54, 1.807) is 7.05 Å². The molecule has 3 fully saturated rings. The van der Waals surface area contributed by atoms with Gasteiger partial charge in [-0.3, -0.25) is 9.79 Å². The maximum atomic E-state index is 12.8. The van der Waals surface area contributed by atoms with Gasteiger partial charge in [0.15, 0.2) is 5.96 Å². The molecule has 2 aliphatic carbocycles. The van der Waals surface area contributed by atoms with Crippen LogP contribution in [0.15, 0.2) is 23.3 Å². The summed E-state index contributed by atoms with van der Waals surface area (Å²) in [7, 11) is 1.79. The molecule has 2 N–H and O–H groups in total. The van der Waals surface area contributed by atoms with E-state index in [1.807, 2.05) is 18.3 Å². The molecule has 8 heteroatoms. The third kappa shape index (κ3) is 6.96. The smallest absolute Gasteiger partial charge is 0.225 e. The monoisotopic (exact) mass is 555 g/mol. The van der Waals surface area contributed by atoms with E-state index in [2.05, 4.69) is 25.5 Å². The molecule has 0 aromatic carbocycles. The van der Waals surface area contributed by atoms with Crippen LogP contribution in [0.3, 0.4) is 0 Å². The maximum absolute atomic E-state index is 12.8. The Hall–Kier alpha value is -1.58. The Labute approximate surface area is 209 Å². The first-order chi connectivity index (χ1) is 15.2. The van der Waals surface area contributed by atoms with Crippen LogP contribution in [-0.4, -0.2) is 54.0 Å². The van der Waals surface area contributed by atoms with E-state index in [9.17, 15) is 4.79 Å². The van der Waals surface area contributed by atoms with Gasteiger partial charge >= 0.3 is 0 Å². The molecule has 1 aromatic heterocycles. The fourth-order valence-electron chi connectivity index (χ4n) is 5.06. The van der Waals surface area contributed by atoms with Crippen molar-refractivity contribution in [3.8, 4) is 5.88 Å². The standard InChI is InChI=1S/C24H37N5O2.HI/c1-25-24(27-16-18-11-13-26-22(15-18)31-21-9-5-6-10-21)28-20-12-14-29(17-20)23(30)19-7-3-2-4-8-19;/h11,13,15,19-21H,2-10,12,14,16-17H2,1H3,(H2,25,27,28);1H. The normalized spacial score (nSPS) is 22.5. The van der Waals surface area contributed by atoms with Gasteiger partial charge in [0.25, 0.3) is 0 Å². The van der Waals surface area contributed by atoms with Crippen molar-refractivity contribution in [2.24, 2.45) is 10.9 Å². The zero-order valence-electron chi connectivity index (χ0n) is 19.2. The minimum atomic E-state index is 0. The zero-order valence-corrected chi connectivity index (χ0v) is 21.6. The van der Waals surface area contributed by atoms with Crippen molar-refractivity contribution in [1.82, 2.24) is 20.5 Å². The Morgan fingerprint density at radius 1 is 1.16 bits per heavy atom. The number of nitrogens with zero attached hydrogens (tertiary/aromatic N) is 3. The molecule has 0 spiro atoms. The van der Waals surface area contributed by atoms with Crippen LogP contribution in [0.2, 0.25) is 0 Å². The number of carbonyl (C=O) groups is 1. The van der Waals surface area contributed by atoms with Crippen molar-refractivity contribution >= 4 is 35.8 Å². The highest BCUT2D eigenvalue weighted by atomic mass is 127. The maximum Gasteiger partial charge on any atom is 0.225 e. The first-order valence-electron chi connectivity index (χ1n) is 12.1. The molecule has 1 atom stereocenters. The third-order valence-electron chi connectivity index (χ3n) is 6.87. The average molecular weight is 556 g/mol. The fraction of sp³-hybridized carbons (Fsp3) is 0.708. The first kappa shape index (κ1) is 25.1. The van der Waals surface area contributed by atoms with Crippen LogP contribution >= 0.6 is 24.0 Å². The molecule has 0 bridgehead atoms. The van der Waals surface area contributed by atoms with Crippen LogP contribution in [0, 0.1) is 5.92 Å². The lowest BCUT2D eigenvalue weighted by Gasteiger charge is -2.26. The first-order valence-corrected chi connectivity index (χ1v) is 12.1. The lowest BCUT2D eigenvalue weighted by Crippen LogP contribution is -2.45. The van der Waals surface area contributed by atoms with Gasteiger partial charge in [0.2, 0.25) is 11.8 Å². The van der Waals surface area contributed by atoms with Gasteiger partial charge in [0.1, 0.15) is 6.10 Å². The van der Waals surface area contributed by atoms with Crippen LogP contribution in [0.25, 0.3) is 0 Å². The van der Waals surface area contributed by atoms with Crippen LogP contribution in [0.5, 0.6) is 5.88 Å². The van der Waals surface area contributed by atoms with Gasteiger partial charge in [0, 0.05) is 50.9 Å². The SMILES string of the molecule is CN=C(NCc1ccnc(OC2CCCC2)c1)NC1CCN(C(=O)C2CCCCC2)C1.I. The number of hydrogen-bond acceptors (Lipinski definition) is 4. The predicted octanol–water partition coefficient (Wildman–Crippen LogP) is 3.87. The van der Waals surface area contributed by atoms with E-state index in [-0.39, 0.29) is 35.9 Å². The minimum Gasteiger partial charge on any atom is -0.474 e. The van der Waals surface area contributed by atoms with Crippen molar-refractivity contribution in [2.45, 2.75) is 82.9 Å². The Balaban J connectivity index is 0.00000289. The number of halogens is 1. The van der Waals surface area contributed by atoms with Crippen LogP contribution in [0.1, 0.15) is 69.8 Å². The second-order valence-electron chi connectivity index (χ2n) is 9.20. The topological polar surface area (TPSA) is 78.9 Å². The second-order valence-corrected chi connectivity index (χ2v) is 9.20. The number of aliphatic imine (C=N–C) groups is 1. The Bertz CT molecular complexity index is 763. The van der Waals surface area contributed by atoms with Crippen LogP contribution in [-0.2, 0) is 11.3 Å². The fourth-order valence-corrected chi connectivity index (χ4v) is 5.06. The molecule has 1 unspecified atom stereocenters. The van der Waals surface area contributed by atoms with Crippen molar-refractivity contribution < 1.29 is 9.53 Å². The summed E-state index contributed by atoms with van der Waals surface area (Å²) in [5.41, 5.74) is 1.12. The van der Waals surface area contributed by atoms with Crippen molar-refractivity contribution in [2.75, 3.05) is 20.1 Å². The molecule has 1 saturated heterocycles. The number of amides is 1. The number of ether oxygens (including phenoxy) is 1. The lowest BCUT2D eigenvalue weighted by atomic mass is 9.88. The summed E-state index contributed by atoms with van der Waals surface area (Å²) in [6, 6.07) is 4.26. The highest BCUT2D eigenvalue weighted by molar-refractivity contribution is 14.0. The molecule has 178 valence electrons. The number of hydrogen-bond donors (Lipinski definition) is 2. The van der Waals surface area contributed by atoms with Gasteiger partial charge in [-0.2, -0.15) is 0 Å².